The fourth-order valence-corrected chi connectivity index (χ4v) is 2.74. The van der Waals surface area contributed by atoms with Crippen LogP contribution in [0.5, 0.6) is 0 Å². The Hall–Kier alpha value is -1.20. The lowest BCUT2D eigenvalue weighted by Gasteiger charge is -2.40. The van der Waals surface area contributed by atoms with Crippen LogP contribution in [0.15, 0.2) is 12.1 Å². The molecule has 21 heavy (non-hydrogen) atoms. The minimum atomic E-state index is -0.784. The molecule has 1 N–H and O–H groups in total. The van der Waals surface area contributed by atoms with E-state index in [2.05, 4.69) is 5.32 Å². The van der Waals surface area contributed by atoms with Gasteiger partial charge in [-0.25, -0.2) is 8.78 Å². The van der Waals surface area contributed by atoms with Gasteiger partial charge in [0.1, 0.15) is 11.6 Å². The molecule has 116 valence electrons. The highest BCUT2D eigenvalue weighted by molar-refractivity contribution is 6.30. The van der Waals surface area contributed by atoms with Gasteiger partial charge >= 0.3 is 0 Å². The highest BCUT2D eigenvalue weighted by atomic mass is 35.5. The van der Waals surface area contributed by atoms with Crippen molar-refractivity contribution < 1.29 is 13.6 Å². The number of benzene rings is 1. The number of nitrogens with one attached hydrogen (secondary N) is 1. The van der Waals surface area contributed by atoms with Gasteiger partial charge in [-0.3, -0.25) is 4.79 Å². The van der Waals surface area contributed by atoms with Gasteiger partial charge in [0.25, 0.3) is 5.91 Å². The van der Waals surface area contributed by atoms with E-state index in [4.69, 9.17) is 11.6 Å². The molecule has 1 aromatic carbocycles. The van der Waals surface area contributed by atoms with Crippen LogP contribution in [-0.2, 0) is 0 Å². The molecular formula is C15H19ClF2N2O. The van der Waals surface area contributed by atoms with E-state index in [1.165, 1.54) is 0 Å². The molecule has 1 fully saturated rings. The van der Waals surface area contributed by atoms with Gasteiger partial charge in [0, 0.05) is 25.2 Å². The second-order valence-corrected chi connectivity index (χ2v) is 5.69. The van der Waals surface area contributed by atoms with Crippen LogP contribution in [0.3, 0.4) is 0 Å². The number of hydrogen-bond acceptors (Lipinski definition) is 2. The molecule has 1 saturated heterocycles. The molecule has 0 aliphatic carbocycles. The average molecular weight is 317 g/mol. The molecule has 0 radical (unpaired) electrons. The van der Waals surface area contributed by atoms with Crippen molar-refractivity contribution in [2.45, 2.75) is 38.8 Å². The van der Waals surface area contributed by atoms with E-state index in [0.29, 0.717) is 13.1 Å². The Morgan fingerprint density at radius 1 is 1.33 bits per heavy atom. The minimum Gasteiger partial charge on any atom is -0.333 e. The SMILES string of the molecule is CCC1CN(C(=O)c2cc(F)c(Cl)cc2F)C(CC)CN1. The van der Waals surface area contributed by atoms with Crippen LogP contribution in [0.2, 0.25) is 5.02 Å². The molecule has 1 aromatic rings. The van der Waals surface area contributed by atoms with Crippen LogP contribution in [0.4, 0.5) is 8.78 Å². The van der Waals surface area contributed by atoms with Crippen LogP contribution in [0.1, 0.15) is 37.0 Å². The zero-order chi connectivity index (χ0) is 15.6. The fraction of sp³-hybridized carbons (Fsp3) is 0.533. The van der Waals surface area contributed by atoms with Crippen LogP contribution in [0.25, 0.3) is 0 Å². The first-order valence-electron chi connectivity index (χ1n) is 7.16. The molecule has 2 atom stereocenters. The first-order valence-corrected chi connectivity index (χ1v) is 7.54. The van der Waals surface area contributed by atoms with Crippen molar-refractivity contribution in [3.05, 3.63) is 34.4 Å². The van der Waals surface area contributed by atoms with Gasteiger partial charge in [-0.1, -0.05) is 25.4 Å². The van der Waals surface area contributed by atoms with Crippen LogP contribution in [-0.4, -0.2) is 36.0 Å². The molecular weight excluding hydrogens is 298 g/mol. The normalized spacial score (nSPS) is 22.4. The zero-order valence-corrected chi connectivity index (χ0v) is 12.9. The van der Waals surface area contributed by atoms with E-state index in [9.17, 15) is 13.6 Å². The summed E-state index contributed by atoms with van der Waals surface area (Å²) >= 11 is 5.53. The number of carbonyl (C=O) groups excluding carboxylic acids is 1. The van der Waals surface area contributed by atoms with E-state index in [1.54, 1.807) is 4.90 Å². The molecule has 1 amide bonds. The smallest absolute Gasteiger partial charge is 0.257 e. The Bertz CT molecular complexity index is 539. The number of amides is 1. The van der Waals surface area contributed by atoms with Gasteiger partial charge in [-0.15, -0.1) is 0 Å². The number of hydrogen-bond donors (Lipinski definition) is 1. The second kappa shape index (κ2) is 6.71. The number of nitrogens with zero attached hydrogens (tertiary/aromatic N) is 1. The maximum absolute atomic E-state index is 13.9. The lowest BCUT2D eigenvalue weighted by molar-refractivity contribution is 0.0570. The topological polar surface area (TPSA) is 32.3 Å². The molecule has 0 aromatic heterocycles. The summed E-state index contributed by atoms with van der Waals surface area (Å²) in [5.74, 6) is -2.04. The molecule has 2 unspecified atom stereocenters. The van der Waals surface area contributed by atoms with Gasteiger partial charge < -0.3 is 10.2 Å². The van der Waals surface area contributed by atoms with Gasteiger partial charge in [0.15, 0.2) is 0 Å². The molecule has 3 nitrogen and oxygen atoms in total. The van der Waals surface area contributed by atoms with Crippen molar-refractivity contribution in [1.29, 1.82) is 0 Å². The highest BCUT2D eigenvalue weighted by Gasteiger charge is 2.31. The first kappa shape index (κ1) is 16.2. The molecule has 0 saturated carbocycles. The summed E-state index contributed by atoms with van der Waals surface area (Å²) in [6.45, 7) is 5.16. The predicted octanol–water partition coefficient (Wildman–Crippen LogP) is 3.22. The summed E-state index contributed by atoms with van der Waals surface area (Å²) in [5, 5.41) is 3.04. The summed E-state index contributed by atoms with van der Waals surface area (Å²) in [6.07, 6.45) is 1.63. The molecule has 1 aliphatic heterocycles. The number of piperazine rings is 1. The summed E-state index contributed by atoms with van der Waals surface area (Å²) < 4.78 is 27.5. The van der Waals surface area contributed by atoms with Crippen molar-refractivity contribution in [2.75, 3.05) is 13.1 Å². The van der Waals surface area contributed by atoms with E-state index < -0.39 is 17.5 Å². The molecule has 1 heterocycles. The Balaban J connectivity index is 2.30. The number of carbonyl (C=O) groups is 1. The van der Waals surface area contributed by atoms with Gasteiger partial charge in [-0.2, -0.15) is 0 Å². The van der Waals surface area contributed by atoms with E-state index in [0.717, 1.165) is 25.0 Å². The minimum absolute atomic E-state index is 0.0153. The Kier molecular flexibility index (Phi) is 5.17. The Labute approximate surface area is 128 Å². The summed E-state index contributed by atoms with van der Waals surface area (Å²) in [6, 6.07) is 1.90. The van der Waals surface area contributed by atoms with Crippen molar-refractivity contribution in [1.82, 2.24) is 10.2 Å². The third-order valence-corrected chi connectivity index (χ3v) is 4.25. The average Bonchev–Trinajstić information content (AvgIpc) is 2.49. The summed E-state index contributed by atoms with van der Waals surface area (Å²) in [5.41, 5.74) is -0.257. The monoisotopic (exact) mass is 316 g/mol. The number of rotatable bonds is 3. The third kappa shape index (κ3) is 3.35. The van der Waals surface area contributed by atoms with Crippen LogP contribution in [0, 0.1) is 11.6 Å². The van der Waals surface area contributed by atoms with Crippen LogP contribution >= 0.6 is 11.6 Å². The molecule has 6 heteroatoms. The van der Waals surface area contributed by atoms with Crippen molar-refractivity contribution in [3.63, 3.8) is 0 Å². The zero-order valence-electron chi connectivity index (χ0n) is 12.1. The largest absolute Gasteiger partial charge is 0.333 e. The van der Waals surface area contributed by atoms with E-state index in [1.807, 2.05) is 13.8 Å². The molecule has 0 bridgehead atoms. The highest BCUT2D eigenvalue weighted by Crippen LogP contribution is 2.23. The molecule has 0 spiro atoms. The first-order chi connectivity index (χ1) is 9.97. The van der Waals surface area contributed by atoms with Gasteiger partial charge in [0.2, 0.25) is 0 Å². The van der Waals surface area contributed by atoms with Crippen molar-refractivity contribution in [2.24, 2.45) is 0 Å². The van der Waals surface area contributed by atoms with Gasteiger partial charge in [-0.05, 0) is 25.0 Å². The Morgan fingerprint density at radius 3 is 2.67 bits per heavy atom. The lowest BCUT2D eigenvalue weighted by atomic mass is 10.0. The van der Waals surface area contributed by atoms with Crippen molar-refractivity contribution in [3.8, 4) is 0 Å². The molecule has 2 rings (SSSR count). The third-order valence-electron chi connectivity index (χ3n) is 3.97. The number of halogens is 3. The molecule has 1 aliphatic rings. The van der Waals surface area contributed by atoms with Gasteiger partial charge in [0.05, 0.1) is 10.6 Å². The standard InChI is InChI=1S/C15H19ClF2N2O/c1-3-9-8-20(10(4-2)7-19-9)15(21)11-5-14(18)12(16)6-13(11)17/h5-6,9-10,19H,3-4,7-8H2,1-2H3. The van der Waals surface area contributed by atoms with E-state index >= 15 is 0 Å². The Morgan fingerprint density at radius 2 is 2.05 bits per heavy atom. The fourth-order valence-electron chi connectivity index (χ4n) is 2.59. The predicted molar refractivity (Wildman–Crippen MR) is 78.6 cm³/mol. The quantitative estimate of drug-likeness (QED) is 0.868. The summed E-state index contributed by atoms with van der Waals surface area (Å²) in [4.78, 5) is 14.2. The summed E-state index contributed by atoms with van der Waals surface area (Å²) in [7, 11) is 0. The maximum atomic E-state index is 13.9. The van der Waals surface area contributed by atoms with E-state index in [-0.39, 0.29) is 22.7 Å². The second-order valence-electron chi connectivity index (χ2n) is 5.28. The lowest BCUT2D eigenvalue weighted by Crippen LogP contribution is -2.58. The van der Waals surface area contributed by atoms with Crippen LogP contribution < -0.4 is 5.32 Å². The van der Waals surface area contributed by atoms with Crippen molar-refractivity contribution >= 4 is 17.5 Å². The maximum Gasteiger partial charge on any atom is 0.257 e.